The summed E-state index contributed by atoms with van der Waals surface area (Å²) >= 11 is 0. The molecule has 0 aliphatic carbocycles. The molecule has 18 heavy (non-hydrogen) atoms. The number of rotatable bonds is 3. The van der Waals surface area contributed by atoms with Gasteiger partial charge in [-0.1, -0.05) is 12.1 Å². The van der Waals surface area contributed by atoms with Crippen LogP contribution >= 0.6 is 0 Å². The second kappa shape index (κ2) is 4.87. The van der Waals surface area contributed by atoms with Gasteiger partial charge in [0.15, 0.2) is 0 Å². The minimum atomic E-state index is -0.384. The number of non-ortho nitro benzene ring substituents is 1. The van der Waals surface area contributed by atoms with Crippen molar-refractivity contribution < 1.29 is 9.66 Å². The summed E-state index contributed by atoms with van der Waals surface area (Å²) in [5, 5.41) is 10.7. The molecule has 0 aromatic heterocycles. The summed E-state index contributed by atoms with van der Waals surface area (Å²) in [5.74, 6) is 0.790. The predicted molar refractivity (Wildman–Crippen MR) is 69.8 cm³/mol. The molecule has 0 atom stereocenters. The summed E-state index contributed by atoms with van der Waals surface area (Å²) in [5.41, 5.74) is 3.01. The smallest absolute Gasteiger partial charge is 0.269 e. The number of hydrogen-bond acceptors (Lipinski definition) is 3. The molecule has 0 fully saturated rings. The number of benzene rings is 2. The number of aryl methyl sites for hydroxylation is 1. The largest absolute Gasteiger partial charge is 0.497 e. The van der Waals surface area contributed by atoms with Gasteiger partial charge in [0.05, 0.1) is 12.0 Å². The molecular weight excluding hydrogens is 230 g/mol. The summed E-state index contributed by atoms with van der Waals surface area (Å²) in [6, 6.07) is 12.5. The first-order valence-electron chi connectivity index (χ1n) is 5.51. The van der Waals surface area contributed by atoms with Crippen molar-refractivity contribution in [3.05, 3.63) is 58.1 Å². The zero-order valence-electron chi connectivity index (χ0n) is 10.2. The van der Waals surface area contributed by atoms with Crippen molar-refractivity contribution in [1.29, 1.82) is 0 Å². The molecule has 0 spiro atoms. The van der Waals surface area contributed by atoms with Crippen LogP contribution in [0.1, 0.15) is 5.56 Å². The van der Waals surface area contributed by atoms with Gasteiger partial charge in [-0.15, -0.1) is 0 Å². The third-order valence-corrected chi connectivity index (χ3v) is 2.82. The second-order valence-corrected chi connectivity index (χ2v) is 3.98. The van der Waals surface area contributed by atoms with Crippen molar-refractivity contribution in [3.63, 3.8) is 0 Å². The van der Waals surface area contributed by atoms with Gasteiger partial charge in [0.2, 0.25) is 0 Å². The molecule has 0 saturated heterocycles. The Morgan fingerprint density at radius 1 is 1.11 bits per heavy atom. The van der Waals surface area contributed by atoms with Gasteiger partial charge in [-0.3, -0.25) is 10.1 Å². The molecule has 2 rings (SSSR count). The van der Waals surface area contributed by atoms with E-state index in [4.69, 9.17) is 4.74 Å². The van der Waals surface area contributed by atoms with Crippen LogP contribution in [0.4, 0.5) is 5.69 Å². The van der Waals surface area contributed by atoms with E-state index in [1.54, 1.807) is 19.2 Å². The monoisotopic (exact) mass is 243 g/mol. The predicted octanol–water partition coefficient (Wildman–Crippen LogP) is 3.58. The highest BCUT2D eigenvalue weighted by molar-refractivity contribution is 5.69. The van der Waals surface area contributed by atoms with Crippen molar-refractivity contribution in [2.24, 2.45) is 0 Å². The average Bonchev–Trinajstić information content (AvgIpc) is 2.38. The Kier molecular flexibility index (Phi) is 3.28. The van der Waals surface area contributed by atoms with Gasteiger partial charge >= 0.3 is 0 Å². The lowest BCUT2D eigenvalue weighted by Gasteiger charge is -2.07. The molecule has 2 aromatic rings. The van der Waals surface area contributed by atoms with E-state index in [0.717, 1.165) is 22.4 Å². The van der Waals surface area contributed by atoms with E-state index in [1.165, 1.54) is 6.07 Å². The molecule has 0 radical (unpaired) electrons. The summed E-state index contributed by atoms with van der Waals surface area (Å²) in [6.45, 7) is 1.87. The van der Waals surface area contributed by atoms with Crippen molar-refractivity contribution >= 4 is 5.69 Å². The van der Waals surface area contributed by atoms with Crippen molar-refractivity contribution in [1.82, 2.24) is 0 Å². The van der Waals surface area contributed by atoms with Gasteiger partial charge in [0.1, 0.15) is 5.75 Å². The van der Waals surface area contributed by atoms with Gasteiger partial charge < -0.3 is 4.74 Å². The highest BCUT2D eigenvalue weighted by Gasteiger charge is 2.09. The van der Waals surface area contributed by atoms with Gasteiger partial charge in [-0.25, -0.2) is 0 Å². The Morgan fingerprint density at radius 3 is 2.28 bits per heavy atom. The molecule has 4 nitrogen and oxygen atoms in total. The van der Waals surface area contributed by atoms with Crippen LogP contribution < -0.4 is 4.74 Å². The van der Waals surface area contributed by atoms with E-state index in [-0.39, 0.29) is 10.6 Å². The van der Waals surface area contributed by atoms with Crippen molar-refractivity contribution in [3.8, 4) is 16.9 Å². The molecule has 0 saturated carbocycles. The average molecular weight is 243 g/mol. The molecular formula is C14H13NO3. The van der Waals surface area contributed by atoms with E-state index < -0.39 is 0 Å². The highest BCUT2D eigenvalue weighted by Crippen LogP contribution is 2.28. The molecule has 0 N–H and O–H groups in total. The van der Waals surface area contributed by atoms with Crippen LogP contribution in [0.2, 0.25) is 0 Å². The Balaban J connectivity index is 2.41. The Bertz CT molecular complexity index is 576. The summed E-state index contributed by atoms with van der Waals surface area (Å²) in [6.07, 6.45) is 0. The molecule has 92 valence electrons. The SMILES string of the molecule is COc1ccc(-c2ccc([N+](=O)[O-])cc2C)cc1. The van der Waals surface area contributed by atoms with E-state index in [2.05, 4.69) is 0 Å². The van der Waals surface area contributed by atoms with Gasteiger partial charge in [0.25, 0.3) is 5.69 Å². The summed E-state index contributed by atoms with van der Waals surface area (Å²) < 4.78 is 5.10. The number of ether oxygens (including phenoxy) is 1. The lowest BCUT2D eigenvalue weighted by atomic mass is 10.00. The van der Waals surface area contributed by atoms with Crippen molar-refractivity contribution in [2.45, 2.75) is 6.92 Å². The maximum atomic E-state index is 10.7. The van der Waals surface area contributed by atoms with E-state index in [0.29, 0.717) is 0 Å². The van der Waals surface area contributed by atoms with E-state index in [9.17, 15) is 10.1 Å². The van der Waals surface area contributed by atoms with Crippen LogP contribution in [0.25, 0.3) is 11.1 Å². The van der Waals surface area contributed by atoms with Gasteiger partial charge in [0, 0.05) is 12.1 Å². The number of nitrogens with zero attached hydrogens (tertiary/aromatic N) is 1. The molecule has 0 aliphatic heterocycles. The Morgan fingerprint density at radius 2 is 1.78 bits per heavy atom. The fraction of sp³-hybridized carbons (Fsp3) is 0.143. The minimum absolute atomic E-state index is 0.116. The maximum absolute atomic E-state index is 10.7. The van der Waals surface area contributed by atoms with Gasteiger partial charge in [-0.2, -0.15) is 0 Å². The Hall–Kier alpha value is -2.36. The van der Waals surface area contributed by atoms with Crippen LogP contribution in [0.15, 0.2) is 42.5 Å². The van der Waals surface area contributed by atoms with E-state index in [1.807, 2.05) is 31.2 Å². The first-order valence-corrected chi connectivity index (χ1v) is 5.51. The molecule has 2 aromatic carbocycles. The fourth-order valence-corrected chi connectivity index (χ4v) is 1.86. The zero-order valence-corrected chi connectivity index (χ0v) is 10.2. The topological polar surface area (TPSA) is 52.4 Å². The molecule has 0 amide bonds. The maximum Gasteiger partial charge on any atom is 0.269 e. The van der Waals surface area contributed by atoms with Crippen LogP contribution in [0, 0.1) is 17.0 Å². The summed E-state index contributed by atoms with van der Waals surface area (Å²) in [7, 11) is 1.62. The van der Waals surface area contributed by atoms with Crippen LogP contribution in [-0.4, -0.2) is 12.0 Å². The number of nitro benzene ring substituents is 1. The first kappa shape index (κ1) is 12.1. The summed E-state index contributed by atoms with van der Waals surface area (Å²) in [4.78, 5) is 10.3. The quantitative estimate of drug-likeness (QED) is 0.611. The van der Waals surface area contributed by atoms with Gasteiger partial charge in [-0.05, 0) is 41.8 Å². The standard InChI is InChI=1S/C14H13NO3/c1-10-9-12(15(16)17)5-8-14(10)11-3-6-13(18-2)7-4-11/h3-9H,1-2H3. The first-order chi connectivity index (χ1) is 8.61. The lowest BCUT2D eigenvalue weighted by Crippen LogP contribution is -1.90. The lowest BCUT2D eigenvalue weighted by molar-refractivity contribution is -0.384. The molecule has 0 aliphatic rings. The van der Waals surface area contributed by atoms with Crippen LogP contribution in [0.3, 0.4) is 0 Å². The fourth-order valence-electron chi connectivity index (χ4n) is 1.86. The zero-order chi connectivity index (χ0) is 13.1. The molecule has 0 bridgehead atoms. The minimum Gasteiger partial charge on any atom is -0.497 e. The molecule has 0 unspecified atom stereocenters. The Labute approximate surface area is 105 Å². The third-order valence-electron chi connectivity index (χ3n) is 2.82. The number of hydrogen-bond donors (Lipinski definition) is 0. The van der Waals surface area contributed by atoms with Crippen LogP contribution in [-0.2, 0) is 0 Å². The second-order valence-electron chi connectivity index (χ2n) is 3.98. The van der Waals surface area contributed by atoms with Crippen molar-refractivity contribution in [2.75, 3.05) is 7.11 Å². The third kappa shape index (κ3) is 2.32. The molecule has 0 heterocycles. The molecule has 4 heteroatoms. The van der Waals surface area contributed by atoms with Crippen LogP contribution in [0.5, 0.6) is 5.75 Å². The normalized spacial score (nSPS) is 10.1. The number of nitro groups is 1. The number of methoxy groups -OCH3 is 1. The van der Waals surface area contributed by atoms with E-state index >= 15 is 0 Å². The highest BCUT2D eigenvalue weighted by atomic mass is 16.6.